The Balaban J connectivity index is 1.64. The quantitative estimate of drug-likeness (QED) is 0.876. The number of carbonyl (C=O) groups is 2. The van der Waals surface area contributed by atoms with Gasteiger partial charge in [0.2, 0.25) is 0 Å². The van der Waals surface area contributed by atoms with Crippen LogP contribution < -0.4 is 5.32 Å². The zero-order valence-electron chi connectivity index (χ0n) is 11.9. The van der Waals surface area contributed by atoms with E-state index < -0.39 is 5.97 Å². The maximum absolute atomic E-state index is 12.2. The highest BCUT2D eigenvalue weighted by atomic mass is 32.1. The molecule has 0 bridgehead atoms. The molecule has 21 heavy (non-hydrogen) atoms. The number of nitrogens with one attached hydrogen (secondary N) is 1. The van der Waals surface area contributed by atoms with E-state index in [1.165, 1.54) is 12.5 Å². The minimum absolute atomic E-state index is 0.124. The lowest BCUT2D eigenvalue weighted by atomic mass is 9.51. The molecule has 2 aliphatic rings. The Labute approximate surface area is 127 Å². The lowest BCUT2D eigenvalue weighted by Gasteiger charge is -2.60. The maximum Gasteiger partial charge on any atom is 0.345 e. The van der Waals surface area contributed by atoms with Gasteiger partial charge >= 0.3 is 5.97 Å². The van der Waals surface area contributed by atoms with E-state index in [4.69, 9.17) is 9.84 Å². The van der Waals surface area contributed by atoms with Gasteiger partial charge in [-0.2, -0.15) is 0 Å². The predicted octanol–water partition coefficient (Wildman–Crippen LogP) is 2.52. The van der Waals surface area contributed by atoms with Gasteiger partial charge in [-0.1, -0.05) is 6.42 Å². The van der Waals surface area contributed by atoms with Crippen molar-refractivity contribution in [2.45, 2.75) is 44.8 Å². The van der Waals surface area contributed by atoms with E-state index in [-0.39, 0.29) is 28.3 Å². The Bertz CT molecular complexity index is 564. The van der Waals surface area contributed by atoms with Crippen molar-refractivity contribution in [3.63, 3.8) is 0 Å². The summed E-state index contributed by atoms with van der Waals surface area (Å²) in [5.41, 5.74) is 0.124. The molecule has 6 heteroatoms. The van der Waals surface area contributed by atoms with Crippen molar-refractivity contribution in [3.05, 3.63) is 21.9 Å². The molecule has 0 radical (unpaired) electrons. The van der Waals surface area contributed by atoms with Gasteiger partial charge in [0, 0.05) is 18.1 Å². The van der Waals surface area contributed by atoms with Crippen molar-refractivity contribution < 1.29 is 19.4 Å². The highest BCUT2D eigenvalue weighted by molar-refractivity contribution is 7.15. The number of carbonyl (C=O) groups excluding carboxylic acids is 1. The van der Waals surface area contributed by atoms with E-state index in [0.29, 0.717) is 11.5 Å². The summed E-state index contributed by atoms with van der Waals surface area (Å²) >= 11 is 1.02. The molecule has 1 aromatic heterocycles. The Morgan fingerprint density at radius 1 is 1.43 bits per heavy atom. The number of aromatic carboxylic acids is 1. The van der Waals surface area contributed by atoms with Crippen LogP contribution in [0.2, 0.25) is 0 Å². The van der Waals surface area contributed by atoms with Crippen molar-refractivity contribution in [1.82, 2.24) is 5.32 Å². The largest absolute Gasteiger partial charge is 0.477 e. The van der Waals surface area contributed by atoms with E-state index in [0.717, 1.165) is 30.6 Å². The first-order chi connectivity index (χ1) is 10.1. The molecule has 114 valence electrons. The normalized spacial score (nSPS) is 26.0. The van der Waals surface area contributed by atoms with Gasteiger partial charge in [-0.15, -0.1) is 11.3 Å². The summed E-state index contributed by atoms with van der Waals surface area (Å²) in [6, 6.07) is 3.21. The molecule has 2 N–H and O–H groups in total. The van der Waals surface area contributed by atoms with Crippen molar-refractivity contribution in [2.75, 3.05) is 6.61 Å². The number of hydrogen-bond donors (Lipinski definition) is 2. The molecule has 2 aliphatic carbocycles. The molecule has 0 saturated heterocycles. The third-order valence-corrected chi connectivity index (χ3v) is 5.86. The number of hydrogen-bond acceptors (Lipinski definition) is 4. The van der Waals surface area contributed by atoms with E-state index in [1.807, 2.05) is 6.92 Å². The summed E-state index contributed by atoms with van der Waals surface area (Å²) in [5.74, 6) is -1.16. The Kier molecular flexibility index (Phi) is 3.75. The predicted molar refractivity (Wildman–Crippen MR) is 78.8 cm³/mol. The molecule has 0 aromatic carbocycles. The third kappa shape index (κ3) is 2.36. The van der Waals surface area contributed by atoms with Gasteiger partial charge in [-0.25, -0.2) is 4.79 Å². The van der Waals surface area contributed by atoms with Crippen LogP contribution in [0.3, 0.4) is 0 Å². The summed E-state index contributed by atoms with van der Waals surface area (Å²) in [6.45, 7) is 2.71. The van der Waals surface area contributed by atoms with Crippen LogP contribution in [-0.2, 0) is 4.74 Å². The average molecular weight is 309 g/mol. The van der Waals surface area contributed by atoms with Crippen LogP contribution in [0, 0.1) is 5.41 Å². The summed E-state index contributed by atoms with van der Waals surface area (Å²) in [5, 5.41) is 12.0. The SMILES string of the molecule is CCOC1CC(NC(=O)c2ccc(C(=O)O)s2)C12CCC2. The van der Waals surface area contributed by atoms with Crippen LogP contribution in [0.15, 0.2) is 12.1 Å². The number of ether oxygens (including phenoxy) is 1. The number of amides is 1. The Morgan fingerprint density at radius 2 is 2.14 bits per heavy atom. The fourth-order valence-electron chi connectivity index (χ4n) is 3.44. The molecule has 5 nitrogen and oxygen atoms in total. The fraction of sp³-hybridized carbons (Fsp3) is 0.600. The van der Waals surface area contributed by atoms with Crippen molar-refractivity contribution in [3.8, 4) is 0 Å². The second kappa shape index (κ2) is 5.42. The number of rotatable bonds is 5. The molecule has 3 rings (SSSR count). The van der Waals surface area contributed by atoms with Crippen molar-refractivity contribution >= 4 is 23.2 Å². The average Bonchev–Trinajstić information content (AvgIpc) is 2.85. The van der Waals surface area contributed by atoms with Gasteiger partial charge in [0.1, 0.15) is 4.88 Å². The smallest absolute Gasteiger partial charge is 0.345 e. The number of carboxylic acids is 1. The number of carboxylic acid groups (broad SMARTS) is 1. The Hall–Kier alpha value is -1.40. The molecule has 2 unspecified atom stereocenters. The molecule has 0 aliphatic heterocycles. The first-order valence-corrected chi connectivity index (χ1v) is 8.14. The van der Waals surface area contributed by atoms with Crippen LogP contribution in [0.1, 0.15) is 52.0 Å². The highest BCUT2D eigenvalue weighted by Crippen LogP contribution is 2.57. The maximum atomic E-state index is 12.2. The van der Waals surface area contributed by atoms with Gasteiger partial charge < -0.3 is 15.2 Å². The third-order valence-electron chi connectivity index (χ3n) is 4.78. The van der Waals surface area contributed by atoms with Gasteiger partial charge in [-0.3, -0.25) is 4.79 Å². The van der Waals surface area contributed by atoms with E-state index in [9.17, 15) is 9.59 Å². The van der Waals surface area contributed by atoms with Crippen molar-refractivity contribution in [1.29, 1.82) is 0 Å². The zero-order valence-corrected chi connectivity index (χ0v) is 12.7. The second-order valence-electron chi connectivity index (χ2n) is 5.76. The van der Waals surface area contributed by atoms with Crippen molar-refractivity contribution in [2.24, 2.45) is 5.41 Å². The molecule has 1 aromatic rings. The number of thiophene rings is 1. The van der Waals surface area contributed by atoms with Crippen LogP contribution in [0.25, 0.3) is 0 Å². The molecule has 2 fully saturated rings. The van der Waals surface area contributed by atoms with Gasteiger partial charge in [0.05, 0.1) is 11.0 Å². The minimum Gasteiger partial charge on any atom is -0.477 e. The van der Waals surface area contributed by atoms with Gasteiger partial charge in [-0.05, 0) is 38.3 Å². The molecular weight excluding hydrogens is 290 g/mol. The lowest BCUT2D eigenvalue weighted by Crippen LogP contribution is -2.67. The monoisotopic (exact) mass is 309 g/mol. The molecule has 1 heterocycles. The van der Waals surface area contributed by atoms with Crippen LogP contribution in [-0.4, -0.2) is 35.7 Å². The summed E-state index contributed by atoms with van der Waals surface area (Å²) in [6.07, 6.45) is 4.52. The first-order valence-electron chi connectivity index (χ1n) is 7.32. The topological polar surface area (TPSA) is 75.6 Å². The minimum atomic E-state index is -0.991. The van der Waals surface area contributed by atoms with Crippen LogP contribution in [0.4, 0.5) is 0 Å². The highest BCUT2D eigenvalue weighted by Gasteiger charge is 2.59. The molecule has 2 saturated carbocycles. The van der Waals surface area contributed by atoms with Gasteiger partial charge in [0.25, 0.3) is 5.91 Å². The van der Waals surface area contributed by atoms with Gasteiger partial charge in [0.15, 0.2) is 0 Å². The standard InChI is InChI=1S/C15H19NO4S/c1-2-20-12-8-11(15(12)6-3-7-15)16-13(17)9-4-5-10(21-9)14(18)19/h4-5,11-12H,2-3,6-8H2,1H3,(H,16,17)(H,18,19). The molecule has 1 spiro atoms. The Morgan fingerprint density at radius 3 is 2.67 bits per heavy atom. The van der Waals surface area contributed by atoms with E-state index in [2.05, 4.69) is 5.32 Å². The summed E-state index contributed by atoms with van der Waals surface area (Å²) in [7, 11) is 0. The summed E-state index contributed by atoms with van der Waals surface area (Å²) < 4.78 is 5.76. The first kappa shape index (κ1) is 14.5. The second-order valence-corrected chi connectivity index (χ2v) is 6.85. The molecule has 2 atom stereocenters. The van der Waals surface area contributed by atoms with E-state index in [1.54, 1.807) is 6.07 Å². The molecule has 1 amide bonds. The zero-order chi connectivity index (χ0) is 15.0. The van der Waals surface area contributed by atoms with Crippen LogP contribution in [0.5, 0.6) is 0 Å². The van der Waals surface area contributed by atoms with Crippen LogP contribution >= 0.6 is 11.3 Å². The summed E-state index contributed by atoms with van der Waals surface area (Å²) in [4.78, 5) is 23.8. The molecular formula is C15H19NO4S. The van der Waals surface area contributed by atoms with E-state index >= 15 is 0 Å². The lowest BCUT2D eigenvalue weighted by molar-refractivity contribution is -0.169. The fourth-order valence-corrected chi connectivity index (χ4v) is 4.19.